The van der Waals surface area contributed by atoms with Gasteiger partial charge in [-0.1, -0.05) is 42.8 Å². The van der Waals surface area contributed by atoms with E-state index in [1.165, 1.54) is 22.9 Å². The van der Waals surface area contributed by atoms with E-state index in [1.54, 1.807) is 36.4 Å². The molecule has 4 rings (SSSR count). The van der Waals surface area contributed by atoms with Gasteiger partial charge in [-0.15, -0.1) is 0 Å². The van der Waals surface area contributed by atoms with Crippen molar-refractivity contribution in [2.45, 2.75) is 36.3 Å². The van der Waals surface area contributed by atoms with E-state index in [1.807, 2.05) is 0 Å². The lowest BCUT2D eigenvalue weighted by Crippen LogP contribution is -2.36. The van der Waals surface area contributed by atoms with Crippen LogP contribution in [0.4, 0.5) is 13.2 Å². The van der Waals surface area contributed by atoms with Gasteiger partial charge in [-0.25, -0.2) is 8.42 Å². The van der Waals surface area contributed by atoms with E-state index in [0.29, 0.717) is 18.7 Å². The Morgan fingerprint density at radius 1 is 0.903 bits per heavy atom. The van der Waals surface area contributed by atoms with E-state index >= 15 is 0 Å². The first kappa shape index (κ1) is 22.3. The Hall–Kier alpha value is -1.90. The summed E-state index contributed by atoms with van der Waals surface area (Å²) >= 11 is 0. The third-order valence-corrected chi connectivity index (χ3v) is 8.22. The number of hydrogen-bond donors (Lipinski definition) is 0. The number of rotatable bonds is 5. The van der Waals surface area contributed by atoms with Crippen LogP contribution in [0, 0.1) is 5.92 Å². The molecule has 2 saturated heterocycles. The predicted molar refractivity (Wildman–Crippen MR) is 113 cm³/mol. The van der Waals surface area contributed by atoms with Crippen molar-refractivity contribution in [3.05, 3.63) is 65.7 Å². The van der Waals surface area contributed by atoms with Crippen molar-refractivity contribution in [2.24, 2.45) is 5.92 Å². The Labute approximate surface area is 181 Å². The topological polar surface area (TPSA) is 40.6 Å². The molecule has 2 aliphatic rings. The van der Waals surface area contributed by atoms with Gasteiger partial charge in [0.15, 0.2) is 0 Å². The fourth-order valence-corrected chi connectivity index (χ4v) is 6.30. The van der Waals surface area contributed by atoms with Gasteiger partial charge in [-0.3, -0.25) is 0 Å². The van der Waals surface area contributed by atoms with Gasteiger partial charge in [-0.2, -0.15) is 17.5 Å². The molecule has 0 radical (unpaired) electrons. The molecule has 4 nitrogen and oxygen atoms in total. The molecular weight excluding hydrogens is 425 g/mol. The lowest BCUT2D eigenvalue weighted by Gasteiger charge is -2.31. The van der Waals surface area contributed by atoms with Crippen molar-refractivity contribution >= 4 is 10.0 Å². The molecule has 168 valence electrons. The molecule has 0 amide bonds. The lowest BCUT2D eigenvalue weighted by molar-refractivity contribution is -0.137. The first-order chi connectivity index (χ1) is 14.7. The monoisotopic (exact) mass is 452 g/mol. The van der Waals surface area contributed by atoms with Gasteiger partial charge in [0.1, 0.15) is 0 Å². The van der Waals surface area contributed by atoms with Gasteiger partial charge in [0.2, 0.25) is 10.0 Å². The normalized spacial score (nSPS) is 23.8. The molecule has 2 atom stereocenters. The van der Waals surface area contributed by atoms with E-state index in [0.717, 1.165) is 32.0 Å². The van der Waals surface area contributed by atoms with Crippen LogP contribution in [0.5, 0.6) is 0 Å². The number of likely N-dealkylation sites (tertiary alicyclic amines) is 1. The van der Waals surface area contributed by atoms with Crippen molar-refractivity contribution < 1.29 is 21.6 Å². The molecule has 31 heavy (non-hydrogen) atoms. The number of sulfonamides is 1. The predicted octanol–water partition coefficient (Wildman–Crippen LogP) is 4.60. The quantitative estimate of drug-likeness (QED) is 0.666. The number of benzene rings is 2. The molecule has 8 heteroatoms. The number of alkyl halides is 3. The van der Waals surface area contributed by atoms with Crippen LogP contribution in [0.3, 0.4) is 0 Å². The molecule has 2 heterocycles. The van der Waals surface area contributed by atoms with Crippen LogP contribution in [0.2, 0.25) is 0 Å². The number of hydrogen-bond acceptors (Lipinski definition) is 3. The maximum atomic E-state index is 13.3. The zero-order chi connectivity index (χ0) is 22.1. The molecule has 2 fully saturated rings. The van der Waals surface area contributed by atoms with Gasteiger partial charge in [0.05, 0.1) is 10.5 Å². The third-order valence-electron chi connectivity index (χ3n) is 6.37. The summed E-state index contributed by atoms with van der Waals surface area (Å²) in [7, 11) is -3.70. The molecule has 2 aromatic carbocycles. The maximum absolute atomic E-state index is 13.3. The van der Waals surface area contributed by atoms with Crippen LogP contribution in [-0.4, -0.2) is 50.3 Å². The van der Waals surface area contributed by atoms with Gasteiger partial charge in [0.25, 0.3) is 0 Å². The Morgan fingerprint density at radius 2 is 1.61 bits per heavy atom. The van der Waals surface area contributed by atoms with Crippen LogP contribution in [-0.2, 0) is 16.2 Å². The Kier molecular flexibility index (Phi) is 6.42. The zero-order valence-corrected chi connectivity index (χ0v) is 18.1. The van der Waals surface area contributed by atoms with E-state index in [2.05, 4.69) is 4.90 Å². The molecule has 0 aromatic heterocycles. The van der Waals surface area contributed by atoms with E-state index < -0.39 is 21.8 Å². The average Bonchev–Trinajstić information content (AvgIpc) is 3.19. The van der Waals surface area contributed by atoms with Crippen LogP contribution >= 0.6 is 0 Å². The van der Waals surface area contributed by atoms with Crippen LogP contribution in [0.25, 0.3) is 0 Å². The highest BCUT2D eigenvalue weighted by Gasteiger charge is 2.41. The highest BCUT2D eigenvalue weighted by molar-refractivity contribution is 7.89. The van der Waals surface area contributed by atoms with Crippen molar-refractivity contribution in [3.63, 3.8) is 0 Å². The van der Waals surface area contributed by atoms with E-state index in [4.69, 9.17) is 0 Å². The summed E-state index contributed by atoms with van der Waals surface area (Å²) < 4.78 is 67.8. The van der Waals surface area contributed by atoms with Crippen LogP contribution < -0.4 is 0 Å². The molecule has 2 aromatic rings. The van der Waals surface area contributed by atoms with Crippen molar-refractivity contribution in [1.29, 1.82) is 0 Å². The van der Waals surface area contributed by atoms with Crippen LogP contribution in [0.1, 0.15) is 36.3 Å². The van der Waals surface area contributed by atoms with E-state index in [9.17, 15) is 21.6 Å². The summed E-state index contributed by atoms with van der Waals surface area (Å²) in [6.07, 6.45) is -1.03. The SMILES string of the molecule is O=S(=O)(c1ccccc1)N1C[C@@H](CN2CCCCC2)[C@@H](c2cccc(C(F)(F)F)c2)C1. The Bertz CT molecular complexity index is 989. The highest BCUT2D eigenvalue weighted by atomic mass is 32.2. The van der Waals surface area contributed by atoms with Crippen LogP contribution in [0.15, 0.2) is 59.5 Å². The molecule has 0 N–H and O–H groups in total. The first-order valence-corrected chi connectivity index (χ1v) is 12.1. The number of nitrogens with zero attached hydrogens (tertiary/aromatic N) is 2. The summed E-state index contributed by atoms with van der Waals surface area (Å²) in [5.41, 5.74) is -0.131. The summed E-state index contributed by atoms with van der Waals surface area (Å²) in [6, 6.07) is 13.6. The standard InChI is InChI=1S/C23H27F3N2O2S/c24-23(25,26)20-9-7-8-18(14-20)22-17-28(31(29,30)21-10-3-1-4-11-21)16-19(22)15-27-12-5-2-6-13-27/h1,3-4,7-11,14,19,22H,2,5-6,12-13,15-17H2/t19-,22-/m1/s1. The molecule has 0 saturated carbocycles. The largest absolute Gasteiger partial charge is 0.416 e. The minimum absolute atomic E-state index is 0.0555. The zero-order valence-electron chi connectivity index (χ0n) is 17.3. The van der Waals surface area contributed by atoms with Gasteiger partial charge in [-0.05, 0) is 55.6 Å². The lowest BCUT2D eigenvalue weighted by atomic mass is 9.87. The Morgan fingerprint density at radius 3 is 2.29 bits per heavy atom. The van der Waals surface area contributed by atoms with Crippen molar-refractivity contribution in [2.75, 3.05) is 32.7 Å². The maximum Gasteiger partial charge on any atom is 0.416 e. The second-order valence-electron chi connectivity index (χ2n) is 8.49. The summed E-state index contributed by atoms with van der Waals surface area (Å²) in [6.45, 7) is 3.11. The highest BCUT2D eigenvalue weighted by Crippen LogP contribution is 2.39. The second-order valence-corrected chi connectivity index (χ2v) is 10.4. The molecular formula is C23H27F3N2O2S. The second kappa shape index (κ2) is 8.92. The fraction of sp³-hybridized carbons (Fsp3) is 0.478. The summed E-state index contributed by atoms with van der Waals surface area (Å²) in [4.78, 5) is 2.55. The molecule has 0 bridgehead atoms. The summed E-state index contributed by atoms with van der Waals surface area (Å²) in [5.74, 6) is -0.331. The molecule has 2 aliphatic heterocycles. The number of piperidine rings is 1. The van der Waals surface area contributed by atoms with E-state index in [-0.39, 0.29) is 23.3 Å². The Balaban J connectivity index is 1.64. The minimum atomic E-state index is -4.42. The molecule has 0 aliphatic carbocycles. The first-order valence-electron chi connectivity index (χ1n) is 10.7. The summed E-state index contributed by atoms with van der Waals surface area (Å²) in [5, 5.41) is 0. The molecule has 0 unspecified atom stereocenters. The van der Waals surface area contributed by atoms with Gasteiger partial charge in [0, 0.05) is 25.6 Å². The number of halogens is 3. The average molecular weight is 453 g/mol. The smallest absolute Gasteiger partial charge is 0.303 e. The minimum Gasteiger partial charge on any atom is -0.303 e. The molecule has 0 spiro atoms. The van der Waals surface area contributed by atoms with Gasteiger partial charge >= 0.3 is 6.18 Å². The van der Waals surface area contributed by atoms with Gasteiger partial charge < -0.3 is 4.90 Å². The van der Waals surface area contributed by atoms with Crippen molar-refractivity contribution in [3.8, 4) is 0 Å². The van der Waals surface area contributed by atoms with Crippen molar-refractivity contribution in [1.82, 2.24) is 9.21 Å². The fourth-order valence-electron chi connectivity index (χ4n) is 4.75. The third kappa shape index (κ3) is 4.96.